The minimum atomic E-state index is 0.100. The number of aromatic nitrogens is 3. The van der Waals surface area contributed by atoms with E-state index in [1.165, 1.54) is 12.8 Å². The van der Waals surface area contributed by atoms with Gasteiger partial charge in [0.2, 0.25) is 5.91 Å². The molecule has 0 aliphatic carbocycles. The van der Waals surface area contributed by atoms with Crippen LogP contribution < -0.4 is 0 Å². The van der Waals surface area contributed by atoms with Crippen molar-refractivity contribution >= 4 is 5.91 Å². The molecule has 22 heavy (non-hydrogen) atoms. The number of carbonyl (C=O) groups excluding carboxylic acids is 1. The first-order valence-corrected chi connectivity index (χ1v) is 8.66. The molecule has 0 N–H and O–H groups in total. The molecule has 0 spiro atoms. The van der Waals surface area contributed by atoms with E-state index in [-0.39, 0.29) is 12.1 Å². The van der Waals surface area contributed by atoms with Crippen LogP contribution in [-0.4, -0.2) is 62.7 Å². The van der Waals surface area contributed by atoms with Crippen LogP contribution in [0.15, 0.2) is 12.7 Å². The van der Waals surface area contributed by atoms with Crippen molar-refractivity contribution in [3.8, 4) is 0 Å². The number of likely N-dealkylation sites (tertiary alicyclic amines) is 2. The number of amides is 1. The van der Waals surface area contributed by atoms with Crippen LogP contribution in [0.1, 0.15) is 51.5 Å². The van der Waals surface area contributed by atoms with Crippen LogP contribution in [0, 0.1) is 0 Å². The van der Waals surface area contributed by atoms with Gasteiger partial charge in [0.15, 0.2) is 0 Å². The minimum Gasteiger partial charge on any atom is -0.339 e. The molecule has 3 rings (SSSR count). The van der Waals surface area contributed by atoms with Crippen molar-refractivity contribution in [2.24, 2.45) is 0 Å². The summed E-state index contributed by atoms with van der Waals surface area (Å²) >= 11 is 0. The molecule has 2 aliphatic rings. The third kappa shape index (κ3) is 3.32. The van der Waals surface area contributed by atoms with Crippen molar-refractivity contribution in [1.29, 1.82) is 0 Å². The molecule has 2 atom stereocenters. The Morgan fingerprint density at radius 2 is 2.14 bits per heavy atom. The van der Waals surface area contributed by atoms with Gasteiger partial charge in [0.05, 0.1) is 12.1 Å². The van der Waals surface area contributed by atoms with E-state index in [1.54, 1.807) is 12.7 Å². The van der Waals surface area contributed by atoms with Gasteiger partial charge in [0.1, 0.15) is 12.7 Å². The smallest absolute Gasteiger partial charge is 0.239 e. The van der Waals surface area contributed by atoms with Gasteiger partial charge >= 0.3 is 0 Å². The molecule has 6 heteroatoms. The van der Waals surface area contributed by atoms with Gasteiger partial charge in [-0.2, -0.15) is 5.10 Å². The van der Waals surface area contributed by atoms with Crippen LogP contribution in [0.25, 0.3) is 0 Å². The fourth-order valence-corrected chi connectivity index (χ4v) is 3.81. The van der Waals surface area contributed by atoms with Gasteiger partial charge in [0.25, 0.3) is 0 Å². The van der Waals surface area contributed by atoms with Gasteiger partial charge in [-0.1, -0.05) is 13.3 Å². The Morgan fingerprint density at radius 1 is 1.23 bits per heavy atom. The zero-order chi connectivity index (χ0) is 15.4. The molecule has 2 fully saturated rings. The fourth-order valence-electron chi connectivity index (χ4n) is 3.81. The highest BCUT2D eigenvalue weighted by molar-refractivity contribution is 5.82. The summed E-state index contributed by atoms with van der Waals surface area (Å²) in [6.07, 6.45) is 10.0. The molecule has 0 bridgehead atoms. The van der Waals surface area contributed by atoms with Crippen molar-refractivity contribution in [2.75, 3.05) is 26.2 Å². The first-order valence-electron chi connectivity index (χ1n) is 8.66. The van der Waals surface area contributed by atoms with Gasteiger partial charge in [-0.05, 0) is 45.2 Å². The maximum atomic E-state index is 13.0. The lowest BCUT2D eigenvalue weighted by Crippen LogP contribution is -2.53. The van der Waals surface area contributed by atoms with Crippen molar-refractivity contribution in [2.45, 2.75) is 57.5 Å². The molecular weight excluding hydrogens is 278 g/mol. The zero-order valence-corrected chi connectivity index (χ0v) is 13.5. The molecule has 2 saturated heterocycles. The molecule has 0 aromatic carbocycles. The predicted octanol–water partition coefficient (Wildman–Crippen LogP) is 1.71. The average Bonchev–Trinajstić information content (AvgIpc) is 3.10. The van der Waals surface area contributed by atoms with Gasteiger partial charge < -0.3 is 4.90 Å². The van der Waals surface area contributed by atoms with E-state index in [0.717, 1.165) is 51.9 Å². The Bertz CT molecular complexity index is 473. The van der Waals surface area contributed by atoms with E-state index in [1.807, 2.05) is 4.68 Å². The number of hydrogen-bond donors (Lipinski definition) is 0. The molecule has 0 unspecified atom stereocenters. The summed E-state index contributed by atoms with van der Waals surface area (Å²) in [7, 11) is 0. The molecule has 2 aliphatic heterocycles. The highest BCUT2D eigenvalue weighted by atomic mass is 16.2. The SMILES string of the molecule is CCCN1CCCC[C@H]1C(=O)N1CCC[C@@H](n2cncn2)C1. The van der Waals surface area contributed by atoms with Gasteiger partial charge in [0, 0.05) is 13.1 Å². The van der Waals surface area contributed by atoms with Gasteiger partial charge in [-0.25, -0.2) is 9.67 Å². The second kappa shape index (κ2) is 7.22. The molecular formula is C16H27N5O. The van der Waals surface area contributed by atoms with Crippen molar-refractivity contribution < 1.29 is 4.79 Å². The number of rotatable bonds is 4. The fraction of sp³-hybridized carbons (Fsp3) is 0.812. The number of nitrogens with zero attached hydrogens (tertiary/aromatic N) is 5. The lowest BCUT2D eigenvalue weighted by atomic mass is 9.98. The van der Waals surface area contributed by atoms with Gasteiger partial charge in [-0.3, -0.25) is 9.69 Å². The third-order valence-corrected chi connectivity index (χ3v) is 4.93. The maximum Gasteiger partial charge on any atom is 0.239 e. The van der Waals surface area contributed by atoms with Crippen molar-refractivity contribution in [1.82, 2.24) is 24.6 Å². The number of carbonyl (C=O) groups is 1. The van der Waals surface area contributed by atoms with Crippen LogP contribution >= 0.6 is 0 Å². The summed E-state index contributed by atoms with van der Waals surface area (Å²) in [5.74, 6) is 0.331. The Labute approximate surface area is 132 Å². The van der Waals surface area contributed by atoms with Crippen LogP contribution in [0.3, 0.4) is 0 Å². The van der Waals surface area contributed by atoms with Crippen LogP contribution in [0.2, 0.25) is 0 Å². The summed E-state index contributed by atoms with van der Waals surface area (Å²) in [5.41, 5.74) is 0. The zero-order valence-electron chi connectivity index (χ0n) is 13.5. The molecule has 3 heterocycles. The Balaban J connectivity index is 1.65. The summed E-state index contributed by atoms with van der Waals surface area (Å²) < 4.78 is 1.91. The van der Waals surface area contributed by atoms with E-state index in [2.05, 4.69) is 26.8 Å². The van der Waals surface area contributed by atoms with Crippen LogP contribution in [0.4, 0.5) is 0 Å². The second-order valence-electron chi connectivity index (χ2n) is 6.50. The Kier molecular flexibility index (Phi) is 5.08. The predicted molar refractivity (Wildman–Crippen MR) is 84.4 cm³/mol. The van der Waals surface area contributed by atoms with E-state index >= 15 is 0 Å². The van der Waals surface area contributed by atoms with E-state index in [9.17, 15) is 4.79 Å². The molecule has 0 saturated carbocycles. The monoisotopic (exact) mass is 305 g/mol. The summed E-state index contributed by atoms with van der Waals surface area (Å²) in [6.45, 7) is 5.97. The lowest BCUT2D eigenvalue weighted by Gasteiger charge is -2.40. The minimum absolute atomic E-state index is 0.100. The third-order valence-electron chi connectivity index (χ3n) is 4.93. The Morgan fingerprint density at radius 3 is 2.91 bits per heavy atom. The largest absolute Gasteiger partial charge is 0.339 e. The maximum absolute atomic E-state index is 13.0. The quantitative estimate of drug-likeness (QED) is 0.850. The average molecular weight is 305 g/mol. The standard InChI is InChI=1S/C16H27N5O/c1-2-8-19-9-4-3-7-15(19)16(22)20-10-5-6-14(11-20)21-13-17-12-18-21/h12-15H,2-11H2,1H3/t14-,15+/m1/s1. The molecule has 1 aromatic rings. The summed E-state index contributed by atoms with van der Waals surface area (Å²) in [4.78, 5) is 21.5. The van der Waals surface area contributed by atoms with Gasteiger partial charge in [-0.15, -0.1) is 0 Å². The lowest BCUT2D eigenvalue weighted by molar-refractivity contribution is -0.140. The molecule has 1 amide bonds. The highest BCUT2D eigenvalue weighted by Gasteiger charge is 2.34. The topological polar surface area (TPSA) is 54.3 Å². The molecule has 122 valence electrons. The Hall–Kier alpha value is -1.43. The van der Waals surface area contributed by atoms with E-state index in [0.29, 0.717) is 5.91 Å². The van der Waals surface area contributed by atoms with Crippen LogP contribution in [-0.2, 0) is 4.79 Å². The first kappa shape index (κ1) is 15.5. The number of hydrogen-bond acceptors (Lipinski definition) is 4. The molecule has 0 radical (unpaired) electrons. The second-order valence-corrected chi connectivity index (χ2v) is 6.50. The van der Waals surface area contributed by atoms with Crippen molar-refractivity contribution in [3.63, 3.8) is 0 Å². The van der Waals surface area contributed by atoms with Crippen LogP contribution in [0.5, 0.6) is 0 Å². The number of piperidine rings is 2. The molecule has 1 aromatic heterocycles. The van der Waals surface area contributed by atoms with E-state index < -0.39 is 0 Å². The van der Waals surface area contributed by atoms with E-state index in [4.69, 9.17) is 0 Å². The summed E-state index contributed by atoms with van der Waals surface area (Å²) in [6, 6.07) is 0.381. The highest BCUT2D eigenvalue weighted by Crippen LogP contribution is 2.24. The summed E-state index contributed by atoms with van der Waals surface area (Å²) in [5, 5.41) is 4.25. The molecule has 6 nitrogen and oxygen atoms in total. The van der Waals surface area contributed by atoms with Crippen molar-refractivity contribution in [3.05, 3.63) is 12.7 Å². The normalized spacial score (nSPS) is 27.0. The first-order chi connectivity index (χ1) is 10.8.